The van der Waals surface area contributed by atoms with Crippen molar-refractivity contribution in [3.8, 4) is 78.6 Å². The van der Waals surface area contributed by atoms with Crippen LogP contribution in [0, 0.1) is 0 Å². The number of nitrogens with zero attached hydrogens (tertiary/aromatic N) is 3. The second-order valence-electron chi connectivity index (χ2n) is 22.7. The number of aromatic nitrogens is 3. The van der Waals surface area contributed by atoms with E-state index in [0.29, 0.717) is 11.4 Å². The summed E-state index contributed by atoms with van der Waals surface area (Å²) in [6, 6.07) is 58.9. The second kappa shape index (κ2) is 18.4. The summed E-state index contributed by atoms with van der Waals surface area (Å²) in [6.07, 6.45) is 4.15. The summed E-state index contributed by atoms with van der Waals surface area (Å²) in [4.78, 5) is 10.8. The van der Waals surface area contributed by atoms with E-state index in [-0.39, 0.29) is 27.4 Å². The Labute approximate surface area is 417 Å². The average molecular weight is 920 g/mol. The van der Waals surface area contributed by atoms with Gasteiger partial charge in [-0.25, -0.2) is 4.98 Å². The van der Waals surface area contributed by atoms with E-state index in [2.05, 4.69) is 233 Å². The van der Waals surface area contributed by atoms with Gasteiger partial charge in [-0.15, -0.1) is 0 Å². The zero-order valence-corrected chi connectivity index (χ0v) is 43.4. The fourth-order valence-corrected chi connectivity index (χ4v) is 9.73. The van der Waals surface area contributed by atoms with Crippen molar-refractivity contribution >= 4 is 11.0 Å². The molecule has 0 atom stereocenters. The summed E-state index contributed by atoms with van der Waals surface area (Å²) >= 11 is 0. The molecule has 354 valence electrons. The molecule has 7 aromatic carbocycles. The van der Waals surface area contributed by atoms with Crippen molar-refractivity contribution in [3.63, 3.8) is 0 Å². The monoisotopic (exact) mass is 920 g/mol. The first-order valence-corrected chi connectivity index (χ1v) is 25.2. The van der Waals surface area contributed by atoms with Crippen LogP contribution >= 0.6 is 0 Å². The molecule has 0 bridgehead atoms. The van der Waals surface area contributed by atoms with Crippen LogP contribution in [0.2, 0.25) is 0 Å². The lowest BCUT2D eigenvalue weighted by atomic mass is 9.77. The Morgan fingerprint density at radius 1 is 0.429 bits per heavy atom. The van der Waals surface area contributed by atoms with Gasteiger partial charge in [0, 0.05) is 28.5 Å². The second-order valence-corrected chi connectivity index (χ2v) is 22.7. The van der Waals surface area contributed by atoms with Crippen molar-refractivity contribution in [1.82, 2.24) is 14.5 Å². The zero-order chi connectivity index (χ0) is 49.8. The number of hydrogen-bond acceptors (Lipinski definition) is 3. The van der Waals surface area contributed by atoms with Crippen LogP contribution in [0.25, 0.3) is 83.9 Å². The molecule has 0 aliphatic carbocycles. The SMILES string of the molecule is CCC(C)(CC)c1ccc(-c2ccnc(-c3cc(-c4cccc5c4nc(-c4cc(C(C)(C)C)cc(-c6ccccc6)c4O)n5-c4ccc(C(C)(C)C)cc4-c4ccccc4)cc(C(C)(C)C)c3)c2)cc1. The average Bonchev–Trinajstić information content (AvgIpc) is 3.75. The summed E-state index contributed by atoms with van der Waals surface area (Å²) in [5.41, 5.74) is 18.4. The summed E-state index contributed by atoms with van der Waals surface area (Å²) in [5.74, 6) is 0.877. The highest BCUT2D eigenvalue weighted by Gasteiger charge is 2.28. The number of benzene rings is 7. The fourth-order valence-electron chi connectivity index (χ4n) is 9.73. The molecule has 2 aromatic heterocycles. The van der Waals surface area contributed by atoms with E-state index >= 15 is 0 Å². The normalized spacial score (nSPS) is 12.5. The van der Waals surface area contributed by atoms with E-state index in [9.17, 15) is 5.11 Å². The van der Waals surface area contributed by atoms with Crippen molar-refractivity contribution in [2.24, 2.45) is 0 Å². The topological polar surface area (TPSA) is 50.9 Å². The molecule has 0 saturated heterocycles. The minimum absolute atomic E-state index is 0.0842. The van der Waals surface area contributed by atoms with Crippen molar-refractivity contribution in [2.75, 3.05) is 0 Å². The lowest BCUT2D eigenvalue weighted by Crippen LogP contribution is -2.19. The molecule has 0 spiro atoms. The number of phenolic OH excluding ortho intramolecular Hbond substituents is 1. The molecule has 9 aromatic rings. The Morgan fingerprint density at radius 3 is 1.60 bits per heavy atom. The first-order chi connectivity index (χ1) is 33.3. The van der Waals surface area contributed by atoms with E-state index in [1.165, 1.54) is 22.3 Å². The summed E-state index contributed by atoms with van der Waals surface area (Å²) in [5, 5.41) is 12.7. The highest BCUT2D eigenvalue weighted by atomic mass is 16.3. The number of para-hydroxylation sites is 1. The maximum Gasteiger partial charge on any atom is 0.149 e. The number of fused-ring (bicyclic) bond motifs is 1. The summed E-state index contributed by atoms with van der Waals surface area (Å²) in [7, 11) is 0. The molecule has 9 rings (SSSR count). The maximum absolute atomic E-state index is 12.7. The minimum atomic E-state index is -0.221. The Morgan fingerprint density at radius 2 is 0.986 bits per heavy atom. The molecule has 2 heterocycles. The number of hydrogen-bond donors (Lipinski definition) is 1. The molecule has 0 radical (unpaired) electrons. The van der Waals surface area contributed by atoms with Crippen molar-refractivity contribution < 1.29 is 5.11 Å². The molecule has 0 aliphatic heterocycles. The minimum Gasteiger partial charge on any atom is -0.507 e. The Kier molecular flexibility index (Phi) is 12.6. The van der Waals surface area contributed by atoms with Crippen LogP contribution < -0.4 is 0 Å². The van der Waals surface area contributed by atoms with Crippen molar-refractivity contribution in [2.45, 2.75) is 118 Å². The first-order valence-electron chi connectivity index (χ1n) is 25.2. The molecular weight excluding hydrogens is 851 g/mol. The number of rotatable bonds is 10. The third-order valence-electron chi connectivity index (χ3n) is 14.8. The van der Waals surface area contributed by atoms with E-state index in [0.717, 1.165) is 85.3 Å². The highest BCUT2D eigenvalue weighted by Crippen LogP contribution is 2.46. The van der Waals surface area contributed by atoms with Crippen LogP contribution in [0.15, 0.2) is 170 Å². The molecule has 0 unspecified atom stereocenters. The van der Waals surface area contributed by atoms with E-state index in [4.69, 9.17) is 9.97 Å². The molecule has 70 heavy (non-hydrogen) atoms. The Balaban J connectivity index is 1.31. The molecule has 1 N–H and O–H groups in total. The molecule has 0 fully saturated rings. The van der Waals surface area contributed by atoms with Gasteiger partial charge in [0.05, 0.1) is 28.0 Å². The molecule has 4 nitrogen and oxygen atoms in total. The quantitative estimate of drug-likeness (QED) is 0.149. The van der Waals surface area contributed by atoms with Gasteiger partial charge in [-0.05, 0) is 139 Å². The predicted molar refractivity (Wildman–Crippen MR) is 297 cm³/mol. The van der Waals surface area contributed by atoms with Crippen LogP contribution in [0.1, 0.15) is 118 Å². The van der Waals surface area contributed by atoms with Crippen LogP contribution in [0.4, 0.5) is 0 Å². The van der Waals surface area contributed by atoms with Crippen LogP contribution in [0.3, 0.4) is 0 Å². The van der Waals surface area contributed by atoms with Crippen molar-refractivity contribution in [3.05, 3.63) is 192 Å². The van der Waals surface area contributed by atoms with E-state index in [1.807, 2.05) is 24.4 Å². The standard InChI is InChI=1S/C66H69N3O/c1-13-66(12,14-2)49-30-28-43(29-31-49)46-34-35-67-57(39-46)48-36-47(37-51(38-48)64(6,7)8)53-26-21-27-59-60(53)68-62(56-42-52(65(9,10)11)41-55(61(56)70)45-24-19-16-20-25-45)69(59)58-33-32-50(63(3,4)5)40-54(58)44-22-17-15-18-23-44/h15-42,70H,13-14H2,1-12H3. The predicted octanol–water partition coefficient (Wildman–Crippen LogP) is 18.1. The number of aromatic hydroxyl groups is 1. The number of phenols is 1. The fraction of sp³-hybridized carbons (Fsp3) is 0.273. The maximum atomic E-state index is 12.7. The third kappa shape index (κ3) is 9.25. The van der Waals surface area contributed by atoms with Gasteiger partial charge < -0.3 is 5.11 Å². The Hall–Kier alpha value is -7.04. The molecule has 0 amide bonds. The van der Waals surface area contributed by atoms with Gasteiger partial charge in [0.25, 0.3) is 0 Å². The molecule has 0 saturated carbocycles. The largest absolute Gasteiger partial charge is 0.507 e. The smallest absolute Gasteiger partial charge is 0.149 e. The molecule has 0 aliphatic rings. The summed E-state index contributed by atoms with van der Waals surface area (Å²) < 4.78 is 2.29. The van der Waals surface area contributed by atoms with Crippen LogP contribution in [-0.2, 0) is 21.7 Å². The van der Waals surface area contributed by atoms with Crippen LogP contribution in [0.5, 0.6) is 5.75 Å². The van der Waals surface area contributed by atoms with Crippen LogP contribution in [-0.4, -0.2) is 19.6 Å². The highest BCUT2D eigenvalue weighted by molar-refractivity contribution is 5.98. The first kappa shape index (κ1) is 48.0. The lowest BCUT2D eigenvalue weighted by molar-refractivity contribution is 0.439. The third-order valence-corrected chi connectivity index (χ3v) is 14.8. The van der Waals surface area contributed by atoms with Gasteiger partial charge >= 0.3 is 0 Å². The molecule has 4 heteroatoms. The summed E-state index contributed by atoms with van der Waals surface area (Å²) in [6.45, 7) is 27.2. The zero-order valence-electron chi connectivity index (χ0n) is 43.4. The van der Waals surface area contributed by atoms with Gasteiger partial charge in [-0.2, -0.15) is 0 Å². The molecular formula is C66H69N3O. The number of pyridine rings is 1. The van der Waals surface area contributed by atoms with Gasteiger partial charge in [0.2, 0.25) is 0 Å². The van der Waals surface area contributed by atoms with Gasteiger partial charge in [0.1, 0.15) is 11.6 Å². The van der Waals surface area contributed by atoms with E-state index in [1.54, 1.807) is 0 Å². The number of imidazole rings is 1. The van der Waals surface area contributed by atoms with Crippen molar-refractivity contribution in [1.29, 1.82) is 0 Å². The Bertz CT molecular complexity index is 3330. The van der Waals surface area contributed by atoms with Gasteiger partial charge in [0.15, 0.2) is 0 Å². The lowest BCUT2D eigenvalue weighted by Gasteiger charge is -2.27. The van der Waals surface area contributed by atoms with Gasteiger partial charge in [-0.1, -0.05) is 192 Å². The van der Waals surface area contributed by atoms with Gasteiger partial charge in [-0.3, -0.25) is 9.55 Å². The van der Waals surface area contributed by atoms with E-state index < -0.39 is 0 Å².